The Kier molecular flexibility index (Phi) is 7.40. The van der Waals surface area contributed by atoms with Gasteiger partial charge in [0.05, 0.1) is 0 Å². The molecule has 0 radical (unpaired) electrons. The molecule has 0 bridgehead atoms. The zero-order valence-electron chi connectivity index (χ0n) is 11.4. The van der Waals surface area contributed by atoms with Crippen LogP contribution in [0.2, 0.25) is 0 Å². The molecule has 0 aliphatic rings. The van der Waals surface area contributed by atoms with Crippen LogP contribution in [0.3, 0.4) is 0 Å². The van der Waals surface area contributed by atoms with Crippen LogP contribution in [-0.2, 0) is 4.74 Å². The molecular weight excluding hydrogens is 249 g/mol. The molecule has 0 aliphatic carbocycles. The maximum Gasteiger partial charge on any atom is 0.165 e. The van der Waals surface area contributed by atoms with Crippen molar-refractivity contribution in [2.45, 2.75) is 13.0 Å². The molecule has 108 valence electrons. The molecular formula is C14H22FNO3. The van der Waals surface area contributed by atoms with Crippen molar-refractivity contribution in [3.8, 4) is 5.75 Å². The fraction of sp³-hybridized carbons (Fsp3) is 0.571. The van der Waals surface area contributed by atoms with Crippen molar-refractivity contribution >= 4 is 0 Å². The summed E-state index contributed by atoms with van der Waals surface area (Å²) in [5, 5.41) is 12.8. The second kappa shape index (κ2) is 8.85. The first-order valence-electron chi connectivity index (χ1n) is 6.38. The molecule has 1 aromatic rings. The summed E-state index contributed by atoms with van der Waals surface area (Å²) in [6, 6.07) is 6.15. The smallest absolute Gasteiger partial charge is 0.165 e. The first-order chi connectivity index (χ1) is 9.13. The van der Waals surface area contributed by atoms with Crippen molar-refractivity contribution in [3.63, 3.8) is 0 Å². The molecule has 2 unspecified atom stereocenters. The van der Waals surface area contributed by atoms with E-state index in [2.05, 4.69) is 12.2 Å². The number of para-hydroxylation sites is 1. The summed E-state index contributed by atoms with van der Waals surface area (Å²) >= 11 is 0. The number of hydrogen-bond acceptors (Lipinski definition) is 4. The molecule has 0 spiro atoms. The Morgan fingerprint density at radius 3 is 2.68 bits per heavy atom. The molecule has 19 heavy (non-hydrogen) atoms. The quantitative estimate of drug-likeness (QED) is 0.713. The molecule has 2 atom stereocenters. The van der Waals surface area contributed by atoms with Gasteiger partial charge in [0.15, 0.2) is 11.6 Å². The third-order valence-electron chi connectivity index (χ3n) is 2.59. The van der Waals surface area contributed by atoms with Gasteiger partial charge >= 0.3 is 0 Å². The Labute approximate surface area is 113 Å². The maximum absolute atomic E-state index is 13.2. The highest BCUT2D eigenvalue weighted by Crippen LogP contribution is 2.15. The Bertz CT molecular complexity index is 362. The van der Waals surface area contributed by atoms with Gasteiger partial charge in [0.1, 0.15) is 12.7 Å². The van der Waals surface area contributed by atoms with Crippen LogP contribution in [0.15, 0.2) is 24.3 Å². The van der Waals surface area contributed by atoms with Gasteiger partial charge in [-0.3, -0.25) is 0 Å². The van der Waals surface area contributed by atoms with E-state index in [1.165, 1.54) is 12.1 Å². The molecule has 0 saturated carbocycles. The number of halogens is 1. The lowest BCUT2D eigenvalue weighted by Crippen LogP contribution is -2.34. The van der Waals surface area contributed by atoms with Gasteiger partial charge in [-0.25, -0.2) is 4.39 Å². The molecule has 0 heterocycles. The molecule has 0 aromatic heterocycles. The summed E-state index contributed by atoms with van der Waals surface area (Å²) in [7, 11) is 1.66. The summed E-state index contributed by atoms with van der Waals surface area (Å²) in [4.78, 5) is 0. The third-order valence-corrected chi connectivity index (χ3v) is 2.59. The number of aliphatic hydroxyl groups excluding tert-OH is 1. The first kappa shape index (κ1) is 15.9. The fourth-order valence-electron chi connectivity index (χ4n) is 1.65. The highest BCUT2D eigenvalue weighted by Gasteiger charge is 2.08. The monoisotopic (exact) mass is 271 g/mol. The molecule has 1 aromatic carbocycles. The third kappa shape index (κ3) is 6.52. The Morgan fingerprint density at radius 1 is 1.26 bits per heavy atom. The van der Waals surface area contributed by atoms with Crippen LogP contribution >= 0.6 is 0 Å². The van der Waals surface area contributed by atoms with Gasteiger partial charge in [0.2, 0.25) is 0 Å². The first-order valence-corrected chi connectivity index (χ1v) is 6.38. The van der Waals surface area contributed by atoms with E-state index in [-0.39, 0.29) is 12.4 Å². The Balaban J connectivity index is 2.18. The highest BCUT2D eigenvalue weighted by molar-refractivity contribution is 5.23. The fourth-order valence-corrected chi connectivity index (χ4v) is 1.65. The zero-order valence-corrected chi connectivity index (χ0v) is 11.4. The van der Waals surface area contributed by atoms with Gasteiger partial charge < -0.3 is 19.9 Å². The minimum atomic E-state index is -0.672. The van der Waals surface area contributed by atoms with Gasteiger partial charge in [0.25, 0.3) is 0 Å². The van der Waals surface area contributed by atoms with E-state index in [0.29, 0.717) is 19.1 Å². The Hall–Kier alpha value is -1.17. The standard InChI is InChI=1S/C14H22FNO3/c1-11(9-18-2)7-16-8-12(17)10-19-14-6-4-3-5-13(14)15/h3-6,11-12,16-17H,7-10H2,1-2H3. The predicted octanol–water partition coefficient (Wildman–Crippen LogP) is 1.44. The minimum absolute atomic E-state index is 0.0621. The van der Waals surface area contributed by atoms with Crippen molar-refractivity contribution in [1.82, 2.24) is 5.32 Å². The summed E-state index contributed by atoms with van der Waals surface area (Å²) in [6.07, 6.45) is -0.672. The number of ether oxygens (including phenoxy) is 2. The van der Waals surface area contributed by atoms with Crippen LogP contribution in [0.25, 0.3) is 0 Å². The van der Waals surface area contributed by atoms with Crippen molar-refractivity contribution < 1.29 is 19.0 Å². The van der Waals surface area contributed by atoms with Crippen molar-refractivity contribution in [2.24, 2.45) is 5.92 Å². The van der Waals surface area contributed by atoms with Crippen LogP contribution in [0.5, 0.6) is 5.75 Å². The van der Waals surface area contributed by atoms with Gasteiger partial charge in [-0.15, -0.1) is 0 Å². The number of aliphatic hydroxyl groups is 1. The zero-order chi connectivity index (χ0) is 14.1. The van der Waals surface area contributed by atoms with Crippen LogP contribution in [0.4, 0.5) is 4.39 Å². The average Bonchev–Trinajstić information content (AvgIpc) is 2.38. The largest absolute Gasteiger partial charge is 0.488 e. The number of rotatable bonds is 9. The molecule has 0 saturated heterocycles. The van der Waals surface area contributed by atoms with Gasteiger partial charge in [-0.05, 0) is 24.6 Å². The molecule has 0 fully saturated rings. The van der Waals surface area contributed by atoms with E-state index in [4.69, 9.17) is 9.47 Å². The van der Waals surface area contributed by atoms with Crippen molar-refractivity contribution in [1.29, 1.82) is 0 Å². The Morgan fingerprint density at radius 2 is 2.00 bits per heavy atom. The molecule has 4 nitrogen and oxygen atoms in total. The topological polar surface area (TPSA) is 50.7 Å². The van der Waals surface area contributed by atoms with Crippen molar-refractivity contribution in [3.05, 3.63) is 30.1 Å². The SMILES string of the molecule is COCC(C)CNCC(O)COc1ccccc1F. The van der Waals surface area contributed by atoms with E-state index in [0.717, 1.165) is 6.54 Å². The summed E-state index contributed by atoms with van der Waals surface area (Å²) in [6.45, 7) is 3.95. The molecule has 0 amide bonds. The van der Waals surface area contributed by atoms with Crippen molar-refractivity contribution in [2.75, 3.05) is 33.4 Å². The number of hydrogen-bond donors (Lipinski definition) is 2. The van der Waals surface area contributed by atoms with Gasteiger partial charge in [0, 0.05) is 20.3 Å². The van der Waals surface area contributed by atoms with E-state index in [9.17, 15) is 9.50 Å². The number of nitrogens with one attached hydrogen (secondary N) is 1. The number of benzene rings is 1. The lowest BCUT2D eigenvalue weighted by atomic mass is 10.2. The molecule has 1 rings (SSSR count). The predicted molar refractivity (Wildman–Crippen MR) is 71.8 cm³/mol. The van der Waals surface area contributed by atoms with Gasteiger partial charge in [-0.1, -0.05) is 19.1 Å². The average molecular weight is 271 g/mol. The molecule has 0 aliphatic heterocycles. The highest BCUT2D eigenvalue weighted by atomic mass is 19.1. The summed E-state index contributed by atoms with van der Waals surface area (Å²) < 4.78 is 23.5. The van der Waals surface area contributed by atoms with E-state index >= 15 is 0 Å². The normalized spacial score (nSPS) is 14.1. The van der Waals surface area contributed by atoms with Crippen LogP contribution in [0, 0.1) is 11.7 Å². The van der Waals surface area contributed by atoms with Gasteiger partial charge in [-0.2, -0.15) is 0 Å². The second-order valence-electron chi connectivity index (χ2n) is 4.61. The molecule has 5 heteroatoms. The summed E-state index contributed by atoms with van der Waals surface area (Å²) in [5.74, 6) is 0.121. The number of methoxy groups -OCH3 is 1. The second-order valence-corrected chi connectivity index (χ2v) is 4.61. The minimum Gasteiger partial charge on any atom is -0.488 e. The lowest BCUT2D eigenvalue weighted by molar-refractivity contribution is 0.100. The molecule has 2 N–H and O–H groups in total. The maximum atomic E-state index is 13.2. The lowest BCUT2D eigenvalue weighted by Gasteiger charge is -2.15. The van der Waals surface area contributed by atoms with E-state index in [1.54, 1.807) is 19.2 Å². The summed E-state index contributed by atoms with van der Waals surface area (Å²) in [5.41, 5.74) is 0. The van der Waals surface area contributed by atoms with E-state index in [1.807, 2.05) is 0 Å². The van der Waals surface area contributed by atoms with Crippen LogP contribution < -0.4 is 10.1 Å². The van der Waals surface area contributed by atoms with Crippen LogP contribution in [0.1, 0.15) is 6.92 Å². The van der Waals surface area contributed by atoms with Crippen LogP contribution in [-0.4, -0.2) is 44.6 Å². The van der Waals surface area contributed by atoms with E-state index < -0.39 is 11.9 Å².